The molecular weight excluding hydrogens is 540 g/mol. The molecule has 7 atom stereocenters. The minimum Gasteiger partial charge on any atom is -0.462 e. The molecule has 220 valence electrons. The largest absolute Gasteiger partial charge is 0.462 e. The zero-order valence-electron chi connectivity index (χ0n) is 22.6. The van der Waals surface area contributed by atoms with Crippen LogP contribution in [0.15, 0.2) is 30.3 Å². The van der Waals surface area contributed by atoms with Crippen molar-refractivity contribution in [3.8, 4) is 0 Å². The van der Waals surface area contributed by atoms with E-state index in [2.05, 4.69) is 5.32 Å². The van der Waals surface area contributed by atoms with E-state index < -0.39 is 71.2 Å². The Balaban J connectivity index is 1.21. The van der Waals surface area contributed by atoms with Crippen LogP contribution in [0.3, 0.4) is 0 Å². The molecule has 1 aromatic rings. The predicted molar refractivity (Wildman–Crippen MR) is 136 cm³/mol. The maximum absolute atomic E-state index is 13.6. The standard InChI is InChI=1S/C28H32N2O11/c1-27(2)13-36-25(34)23(27)40-18(32)7-6-15-4-3-5-16(10-15)12-30-21-24(33)39-17-11-28(21,26(35)29-8-9-31)22(41-30)20-19(17)37-14-38-20/h3-7,10,17,19-23,31H,8-9,11-14H2,1-2H3,(H,29,35). The molecule has 1 saturated carbocycles. The van der Waals surface area contributed by atoms with Gasteiger partial charge in [0.15, 0.2) is 6.04 Å². The molecule has 6 rings (SSSR count). The third-order valence-electron chi connectivity index (χ3n) is 8.34. The van der Waals surface area contributed by atoms with Gasteiger partial charge in [-0.1, -0.05) is 38.1 Å². The number of hydroxylamine groups is 2. The number of carbonyl (C=O) groups is 4. The molecule has 1 aromatic carbocycles. The first-order chi connectivity index (χ1) is 19.6. The van der Waals surface area contributed by atoms with E-state index >= 15 is 0 Å². The summed E-state index contributed by atoms with van der Waals surface area (Å²) in [6.45, 7) is 3.65. The third kappa shape index (κ3) is 4.71. The molecule has 5 aliphatic rings. The fourth-order valence-electron chi connectivity index (χ4n) is 6.40. The molecular formula is C28H32N2O11. The summed E-state index contributed by atoms with van der Waals surface area (Å²) in [5, 5.41) is 13.5. The van der Waals surface area contributed by atoms with Crippen LogP contribution in [0.5, 0.6) is 0 Å². The number of cyclic esters (lactones) is 1. The van der Waals surface area contributed by atoms with Crippen LogP contribution in [0.25, 0.3) is 6.08 Å². The van der Waals surface area contributed by atoms with Gasteiger partial charge in [-0.2, -0.15) is 5.06 Å². The summed E-state index contributed by atoms with van der Waals surface area (Å²) in [7, 11) is 0. The van der Waals surface area contributed by atoms with Crippen molar-refractivity contribution >= 4 is 29.9 Å². The quantitative estimate of drug-likeness (QED) is 0.241. The van der Waals surface area contributed by atoms with Crippen molar-refractivity contribution in [2.75, 3.05) is 26.6 Å². The second-order valence-electron chi connectivity index (χ2n) is 11.6. The van der Waals surface area contributed by atoms with Gasteiger partial charge in [-0.05, 0) is 17.2 Å². The number of amides is 1. The number of esters is 3. The third-order valence-corrected chi connectivity index (χ3v) is 8.34. The van der Waals surface area contributed by atoms with Crippen molar-refractivity contribution in [1.29, 1.82) is 0 Å². The van der Waals surface area contributed by atoms with Gasteiger partial charge in [0.05, 0.1) is 13.2 Å². The first-order valence-corrected chi connectivity index (χ1v) is 13.5. The van der Waals surface area contributed by atoms with Gasteiger partial charge < -0.3 is 34.1 Å². The van der Waals surface area contributed by atoms with E-state index in [9.17, 15) is 24.3 Å². The lowest BCUT2D eigenvalue weighted by molar-refractivity contribution is -0.201. The second-order valence-corrected chi connectivity index (χ2v) is 11.6. The number of hydrogen-bond acceptors (Lipinski definition) is 12. The van der Waals surface area contributed by atoms with Gasteiger partial charge in [-0.15, -0.1) is 0 Å². The van der Waals surface area contributed by atoms with Crippen LogP contribution in [-0.4, -0.2) is 97.1 Å². The van der Waals surface area contributed by atoms with Crippen LogP contribution < -0.4 is 5.32 Å². The fraction of sp³-hybridized carbons (Fsp3) is 0.571. The number of nitrogens with one attached hydrogen (secondary N) is 1. The number of aliphatic hydroxyl groups excluding tert-OH is 1. The monoisotopic (exact) mass is 572 g/mol. The minimum absolute atomic E-state index is 0.00150. The maximum Gasteiger partial charge on any atom is 0.348 e. The van der Waals surface area contributed by atoms with Gasteiger partial charge in [0.1, 0.15) is 43.2 Å². The Bertz CT molecular complexity index is 1280. The zero-order chi connectivity index (χ0) is 28.9. The van der Waals surface area contributed by atoms with Crippen molar-refractivity contribution in [3.63, 3.8) is 0 Å². The van der Waals surface area contributed by atoms with Gasteiger partial charge in [-0.25, -0.2) is 9.59 Å². The highest BCUT2D eigenvalue weighted by molar-refractivity contribution is 5.93. The zero-order valence-corrected chi connectivity index (χ0v) is 22.6. The van der Waals surface area contributed by atoms with Crippen molar-refractivity contribution in [3.05, 3.63) is 41.5 Å². The van der Waals surface area contributed by atoms with Crippen LogP contribution in [0.2, 0.25) is 0 Å². The lowest BCUT2D eigenvalue weighted by Crippen LogP contribution is -2.69. The van der Waals surface area contributed by atoms with Gasteiger partial charge in [-0.3, -0.25) is 14.4 Å². The molecule has 41 heavy (non-hydrogen) atoms. The van der Waals surface area contributed by atoms with E-state index in [1.807, 2.05) is 6.07 Å². The normalized spacial score (nSPS) is 35.2. The second kappa shape index (κ2) is 10.5. The molecule has 1 aliphatic carbocycles. The topological polar surface area (TPSA) is 159 Å². The Kier molecular flexibility index (Phi) is 7.10. The van der Waals surface area contributed by atoms with Gasteiger partial charge in [0.2, 0.25) is 12.0 Å². The Labute approximate surface area is 235 Å². The van der Waals surface area contributed by atoms with Crippen LogP contribution in [0.4, 0.5) is 0 Å². The molecule has 13 nitrogen and oxygen atoms in total. The summed E-state index contributed by atoms with van der Waals surface area (Å²) in [5.74, 6) is -2.25. The number of aliphatic hydroxyl groups is 1. The van der Waals surface area contributed by atoms with E-state index in [1.54, 1.807) is 38.1 Å². The smallest absolute Gasteiger partial charge is 0.348 e. The lowest BCUT2D eigenvalue weighted by atomic mass is 9.62. The summed E-state index contributed by atoms with van der Waals surface area (Å²) in [6.07, 6.45) is -0.608. The average Bonchev–Trinajstić information content (AvgIpc) is 3.63. The van der Waals surface area contributed by atoms with Crippen LogP contribution >= 0.6 is 0 Å². The summed E-state index contributed by atoms with van der Waals surface area (Å²) >= 11 is 0. The molecule has 5 fully saturated rings. The first-order valence-electron chi connectivity index (χ1n) is 13.5. The number of fused-ring (bicyclic) bond motifs is 4. The molecule has 0 radical (unpaired) electrons. The number of hydrogen-bond donors (Lipinski definition) is 2. The molecule has 2 bridgehead atoms. The minimum atomic E-state index is -1.29. The highest BCUT2D eigenvalue weighted by atomic mass is 16.8. The molecule has 4 saturated heterocycles. The maximum atomic E-state index is 13.6. The molecule has 0 spiro atoms. The number of rotatable bonds is 8. The van der Waals surface area contributed by atoms with Crippen molar-refractivity contribution in [2.45, 2.75) is 63.4 Å². The highest BCUT2D eigenvalue weighted by Crippen LogP contribution is 2.55. The van der Waals surface area contributed by atoms with Crippen molar-refractivity contribution < 1.29 is 52.8 Å². The summed E-state index contributed by atoms with van der Waals surface area (Å²) in [6, 6.07) is 6.14. The number of nitrogens with zero attached hydrogens (tertiary/aromatic N) is 1. The number of carbonyl (C=O) groups excluding carboxylic acids is 4. The highest BCUT2D eigenvalue weighted by Gasteiger charge is 2.74. The SMILES string of the molecule is CC1(C)COC(=O)C1OC(=O)C=Cc1cccc(CN2OC3C4OCOC4C4CC3(C(=O)NCCO)C2C(=O)O4)c1. The van der Waals surface area contributed by atoms with E-state index in [0.717, 1.165) is 5.56 Å². The summed E-state index contributed by atoms with van der Waals surface area (Å²) < 4.78 is 27.6. The van der Waals surface area contributed by atoms with E-state index in [-0.39, 0.29) is 39.5 Å². The van der Waals surface area contributed by atoms with Crippen LogP contribution in [0, 0.1) is 10.8 Å². The van der Waals surface area contributed by atoms with Crippen LogP contribution in [0.1, 0.15) is 31.4 Å². The number of ether oxygens (including phenoxy) is 5. The summed E-state index contributed by atoms with van der Waals surface area (Å²) in [5.41, 5.74) is -0.504. The van der Waals surface area contributed by atoms with Crippen LogP contribution in [-0.2, 0) is 54.2 Å². The molecule has 4 aliphatic heterocycles. The molecule has 2 N–H and O–H groups in total. The van der Waals surface area contributed by atoms with Crippen molar-refractivity contribution in [2.24, 2.45) is 10.8 Å². The lowest BCUT2D eigenvalue weighted by Gasteiger charge is -2.48. The Hall–Kier alpha value is -3.36. The van der Waals surface area contributed by atoms with Crippen molar-refractivity contribution in [1.82, 2.24) is 10.4 Å². The molecule has 13 heteroatoms. The van der Waals surface area contributed by atoms with E-state index in [1.165, 1.54) is 11.1 Å². The molecule has 0 aromatic heterocycles. The molecule has 1 amide bonds. The number of benzene rings is 1. The fourth-order valence-corrected chi connectivity index (χ4v) is 6.40. The first kappa shape index (κ1) is 27.8. The molecule has 7 unspecified atom stereocenters. The van der Waals surface area contributed by atoms with E-state index in [0.29, 0.717) is 5.56 Å². The molecule has 4 heterocycles. The Morgan fingerprint density at radius 1 is 1.20 bits per heavy atom. The van der Waals surface area contributed by atoms with Gasteiger partial charge in [0.25, 0.3) is 0 Å². The predicted octanol–water partition coefficient (Wildman–Crippen LogP) is -0.155. The summed E-state index contributed by atoms with van der Waals surface area (Å²) in [4.78, 5) is 57.5. The van der Waals surface area contributed by atoms with Gasteiger partial charge >= 0.3 is 17.9 Å². The van der Waals surface area contributed by atoms with E-state index in [4.69, 9.17) is 28.5 Å². The average molecular weight is 573 g/mol. The Morgan fingerprint density at radius 3 is 2.76 bits per heavy atom. The Morgan fingerprint density at radius 2 is 2.00 bits per heavy atom. The van der Waals surface area contributed by atoms with Gasteiger partial charge in [0, 0.05) is 24.5 Å².